The number of hydrogen-bond donors (Lipinski definition) is 1. The molecule has 212 valence electrons. The van der Waals surface area contributed by atoms with E-state index in [-0.39, 0.29) is 10.3 Å². The minimum atomic E-state index is -5.08. The average molecular weight is 563 g/mol. The fraction of sp³-hybridized carbons (Fsp3) is 0.583. The predicted octanol–water partition coefficient (Wildman–Crippen LogP) is 2.85. The first-order chi connectivity index (χ1) is 17.9. The summed E-state index contributed by atoms with van der Waals surface area (Å²) in [6.07, 6.45) is 0.717. The Morgan fingerprint density at radius 2 is 1.89 bits per heavy atom. The number of para-hydroxylation sites is 1. The molecule has 0 amide bonds. The number of carboxylic acid groups (broad SMARTS) is 1. The van der Waals surface area contributed by atoms with Gasteiger partial charge in [-0.1, -0.05) is 12.1 Å². The van der Waals surface area contributed by atoms with Crippen molar-refractivity contribution in [2.45, 2.75) is 43.9 Å². The zero-order valence-corrected chi connectivity index (χ0v) is 22.2. The number of aliphatic carboxylic acids is 1. The third-order valence-corrected chi connectivity index (χ3v) is 8.52. The molecule has 38 heavy (non-hydrogen) atoms. The molecular formula is C24H33F3N4O6S. The number of hydrogen-bond acceptors (Lipinski definition) is 7. The van der Waals surface area contributed by atoms with E-state index in [1.807, 2.05) is 16.9 Å². The molecule has 2 aliphatic rings. The number of ether oxygens (including phenoxy) is 2. The van der Waals surface area contributed by atoms with Crippen molar-refractivity contribution in [3.63, 3.8) is 0 Å². The first-order valence-electron chi connectivity index (χ1n) is 12.1. The van der Waals surface area contributed by atoms with Gasteiger partial charge in [-0.25, -0.2) is 13.2 Å². The fourth-order valence-electron chi connectivity index (χ4n) is 4.46. The Morgan fingerprint density at radius 3 is 2.47 bits per heavy atom. The van der Waals surface area contributed by atoms with Crippen LogP contribution in [0.25, 0.3) is 0 Å². The first kappa shape index (κ1) is 29.9. The number of aryl methyl sites for hydroxylation is 1. The third kappa shape index (κ3) is 7.46. The molecule has 0 unspecified atom stereocenters. The molecule has 0 radical (unpaired) electrons. The number of sulfonamides is 1. The number of carboxylic acids is 1. The van der Waals surface area contributed by atoms with Crippen LogP contribution >= 0.6 is 0 Å². The maximum atomic E-state index is 13.4. The molecule has 1 spiro atoms. The molecule has 14 heteroatoms. The second-order valence-electron chi connectivity index (χ2n) is 9.35. The van der Waals surface area contributed by atoms with Gasteiger partial charge < -0.3 is 14.6 Å². The first-order valence-corrected chi connectivity index (χ1v) is 13.6. The number of rotatable bonds is 6. The summed E-state index contributed by atoms with van der Waals surface area (Å²) in [6, 6.07) is 6.94. The van der Waals surface area contributed by atoms with Crippen molar-refractivity contribution >= 4 is 16.0 Å². The lowest BCUT2D eigenvalue weighted by atomic mass is 9.78. The Bertz CT molecular complexity index is 1180. The highest BCUT2D eigenvalue weighted by molar-refractivity contribution is 7.89. The summed E-state index contributed by atoms with van der Waals surface area (Å²) in [4.78, 5) is 11.6. The van der Waals surface area contributed by atoms with Gasteiger partial charge in [-0.3, -0.25) is 9.58 Å². The summed E-state index contributed by atoms with van der Waals surface area (Å²) in [6.45, 7) is 7.30. The Kier molecular flexibility index (Phi) is 9.79. The van der Waals surface area contributed by atoms with Crippen molar-refractivity contribution in [2.24, 2.45) is 5.41 Å². The Hall–Kier alpha value is -2.68. The predicted molar refractivity (Wildman–Crippen MR) is 131 cm³/mol. The Balaban J connectivity index is 0.000000505. The maximum absolute atomic E-state index is 13.4. The highest BCUT2D eigenvalue weighted by Gasteiger charge is 2.43. The minimum Gasteiger partial charge on any atom is -0.492 e. The normalized spacial score (nSPS) is 19.4. The van der Waals surface area contributed by atoms with Crippen LogP contribution in [0.2, 0.25) is 0 Å². The number of carbonyl (C=O) groups is 1. The molecule has 0 bridgehead atoms. The summed E-state index contributed by atoms with van der Waals surface area (Å²) >= 11 is 0. The average Bonchev–Trinajstić information content (AvgIpc) is 3.33. The van der Waals surface area contributed by atoms with Crippen LogP contribution in [0.5, 0.6) is 5.75 Å². The van der Waals surface area contributed by atoms with Gasteiger partial charge in [0.15, 0.2) is 0 Å². The molecule has 3 heterocycles. The molecule has 1 saturated heterocycles. The number of aromatic nitrogens is 2. The van der Waals surface area contributed by atoms with Crippen molar-refractivity contribution in [2.75, 3.05) is 46.5 Å². The number of fused-ring (bicyclic) bond motifs is 1. The molecule has 0 atom stereocenters. The van der Waals surface area contributed by atoms with E-state index in [2.05, 4.69) is 23.1 Å². The van der Waals surface area contributed by atoms with E-state index in [4.69, 9.17) is 19.4 Å². The van der Waals surface area contributed by atoms with Gasteiger partial charge in [-0.05, 0) is 45.0 Å². The summed E-state index contributed by atoms with van der Waals surface area (Å²) in [5, 5.41) is 11.5. The molecule has 0 saturated carbocycles. The number of benzene rings is 1. The van der Waals surface area contributed by atoms with Gasteiger partial charge in [0.05, 0.1) is 19.4 Å². The van der Waals surface area contributed by atoms with Gasteiger partial charge in [-0.15, -0.1) is 0 Å². The van der Waals surface area contributed by atoms with E-state index in [9.17, 15) is 21.6 Å². The quantitative estimate of drug-likeness (QED) is 0.572. The van der Waals surface area contributed by atoms with Gasteiger partial charge in [0.25, 0.3) is 0 Å². The van der Waals surface area contributed by atoms with E-state index in [1.54, 1.807) is 29.6 Å². The lowest BCUT2D eigenvalue weighted by molar-refractivity contribution is -0.192. The number of likely N-dealkylation sites (tertiary alicyclic amines) is 1. The zero-order chi connectivity index (χ0) is 28.0. The van der Waals surface area contributed by atoms with Crippen LogP contribution in [0.4, 0.5) is 13.2 Å². The standard InChI is InChI=1S/C22H32N4O4S.C2HF3O2/c1-3-25-16-19(14-23-25)15-24-10-8-22(9-11-24)17-26(12-13-29-2)31(27,28)21-7-5-4-6-20(21)30-18-22;3-2(4,5)1(6)7/h4-7,14,16H,3,8-13,15,17-18H2,1-2H3;(H,6,7). The van der Waals surface area contributed by atoms with Crippen molar-refractivity contribution in [1.82, 2.24) is 19.0 Å². The zero-order valence-electron chi connectivity index (χ0n) is 21.4. The van der Waals surface area contributed by atoms with Crippen LogP contribution in [0.1, 0.15) is 25.3 Å². The molecule has 2 aromatic rings. The van der Waals surface area contributed by atoms with Crippen LogP contribution in [0.15, 0.2) is 41.6 Å². The molecular weight excluding hydrogens is 529 g/mol. The van der Waals surface area contributed by atoms with E-state index in [1.165, 1.54) is 5.56 Å². The van der Waals surface area contributed by atoms with Crippen molar-refractivity contribution < 1.29 is 41.0 Å². The second-order valence-corrected chi connectivity index (χ2v) is 11.3. The van der Waals surface area contributed by atoms with Crippen LogP contribution < -0.4 is 4.74 Å². The second kappa shape index (κ2) is 12.5. The molecule has 4 rings (SSSR count). The van der Waals surface area contributed by atoms with Crippen molar-refractivity contribution in [3.05, 3.63) is 42.2 Å². The van der Waals surface area contributed by atoms with E-state index in [0.29, 0.717) is 32.1 Å². The lowest BCUT2D eigenvalue weighted by Crippen LogP contribution is -2.51. The minimum absolute atomic E-state index is 0.210. The molecule has 1 aromatic carbocycles. The lowest BCUT2D eigenvalue weighted by Gasteiger charge is -2.45. The van der Waals surface area contributed by atoms with Gasteiger partial charge in [0.2, 0.25) is 10.0 Å². The maximum Gasteiger partial charge on any atom is 0.490 e. The van der Waals surface area contributed by atoms with Gasteiger partial charge in [-0.2, -0.15) is 22.6 Å². The summed E-state index contributed by atoms with van der Waals surface area (Å²) < 4.78 is 73.4. The van der Waals surface area contributed by atoms with Gasteiger partial charge >= 0.3 is 12.1 Å². The van der Waals surface area contributed by atoms with Crippen LogP contribution in [0, 0.1) is 5.41 Å². The molecule has 1 fully saturated rings. The Morgan fingerprint density at radius 1 is 1.24 bits per heavy atom. The molecule has 0 aliphatic carbocycles. The molecule has 10 nitrogen and oxygen atoms in total. The molecule has 1 N–H and O–H groups in total. The largest absolute Gasteiger partial charge is 0.492 e. The SMILES string of the molecule is CCn1cc(CN2CCC3(CC2)COc2ccccc2S(=O)(=O)N(CCOC)C3)cn1.O=C(O)C(F)(F)F. The number of alkyl halides is 3. The third-order valence-electron chi connectivity index (χ3n) is 6.63. The summed E-state index contributed by atoms with van der Waals surface area (Å²) in [5.74, 6) is -2.31. The van der Waals surface area contributed by atoms with Gasteiger partial charge in [0, 0.05) is 50.5 Å². The van der Waals surface area contributed by atoms with E-state index in [0.717, 1.165) is 39.0 Å². The number of nitrogens with zero attached hydrogens (tertiary/aromatic N) is 4. The van der Waals surface area contributed by atoms with Crippen LogP contribution in [0.3, 0.4) is 0 Å². The monoisotopic (exact) mass is 562 g/mol. The topological polar surface area (TPSA) is 114 Å². The molecule has 2 aliphatic heterocycles. The number of halogens is 3. The highest BCUT2D eigenvalue weighted by atomic mass is 32.2. The number of methoxy groups -OCH3 is 1. The molecule has 1 aromatic heterocycles. The summed E-state index contributed by atoms with van der Waals surface area (Å²) in [5.41, 5.74) is 1.00. The Labute approximate surface area is 220 Å². The smallest absolute Gasteiger partial charge is 0.490 e. The van der Waals surface area contributed by atoms with Gasteiger partial charge in [0.1, 0.15) is 10.6 Å². The number of piperidine rings is 1. The van der Waals surface area contributed by atoms with E-state index < -0.39 is 22.2 Å². The van der Waals surface area contributed by atoms with Crippen LogP contribution in [-0.2, 0) is 32.6 Å². The van der Waals surface area contributed by atoms with Crippen LogP contribution in [-0.4, -0.2) is 91.2 Å². The fourth-order valence-corrected chi connectivity index (χ4v) is 6.13. The van der Waals surface area contributed by atoms with Crippen molar-refractivity contribution in [1.29, 1.82) is 0 Å². The highest BCUT2D eigenvalue weighted by Crippen LogP contribution is 2.39. The van der Waals surface area contributed by atoms with Crippen molar-refractivity contribution in [3.8, 4) is 5.75 Å². The van der Waals surface area contributed by atoms with E-state index >= 15 is 0 Å². The summed E-state index contributed by atoms with van der Waals surface area (Å²) in [7, 11) is -2.05.